The Kier molecular flexibility index (Phi) is 4.60. The topological polar surface area (TPSA) is 29.1 Å². The van der Waals surface area contributed by atoms with Crippen molar-refractivity contribution in [1.29, 1.82) is 0 Å². The Balaban J connectivity index is 2.26. The van der Waals surface area contributed by atoms with Gasteiger partial charge in [0.15, 0.2) is 0 Å². The number of benzene rings is 2. The molecule has 0 atom stereocenters. The van der Waals surface area contributed by atoms with Crippen LogP contribution in [-0.2, 0) is 0 Å². The molecule has 1 N–H and O–H groups in total. The molecular formula is C13H7Br2ClFNO. The number of halogens is 4. The number of hydrogen-bond acceptors (Lipinski definition) is 1. The van der Waals surface area contributed by atoms with E-state index in [9.17, 15) is 9.18 Å². The van der Waals surface area contributed by atoms with Gasteiger partial charge in [-0.3, -0.25) is 4.79 Å². The third-order valence-electron chi connectivity index (χ3n) is 2.37. The predicted octanol–water partition coefficient (Wildman–Crippen LogP) is 5.26. The highest BCUT2D eigenvalue weighted by Gasteiger charge is 2.13. The molecule has 0 aliphatic rings. The van der Waals surface area contributed by atoms with Crippen molar-refractivity contribution < 1.29 is 9.18 Å². The lowest BCUT2D eigenvalue weighted by Gasteiger charge is -2.08. The fourth-order valence-corrected chi connectivity index (χ4v) is 2.41. The van der Waals surface area contributed by atoms with Gasteiger partial charge in [0.1, 0.15) is 5.82 Å². The lowest BCUT2D eigenvalue weighted by atomic mass is 10.2. The Bertz CT molecular complexity index is 649. The van der Waals surface area contributed by atoms with Crippen LogP contribution in [0.25, 0.3) is 0 Å². The molecule has 0 radical (unpaired) electrons. The Hall–Kier alpha value is -0.910. The minimum absolute atomic E-state index is 0.283. The molecule has 2 nitrogen and oxygen atoms in total. The van der Waals surface area contributed by atoms with Gasteiger partial charge in [-0.2, -0.15) is 0 Å². The van der Waals surface area contributed by atoms with E-state index in [1.54, 1.807) is 18.2 Å². The molecule has 0 fully saturated rings. The summed E-state index contributed by atoms with van der Waals surface area (Å²) in [6, 6.07) is 9.30. The van der Waals surface area contributed by atoms with Crippen LogP contribution in [0.2, 0.25) is 5.02 Å². The summed E-state index contributed by atoms with van der Waals surface area (Å²) < 4.78 is 14.0. The van der Waals surface area contributed by atoms with Crippen molar-refractivity contribution in [1.82, 2.24) is 0 Å². The van der Waals surface area contributed by atoms with Gasteiger partial charge in [-0.05, 0) is 62.2 Å². The van der Waals surface area contributed by atoms with Crippen molar-refractivity contribution >= 4 is 55.1 Å². The minimum Gasteiger partial charge on any atom is -0.322 e. The molecular weight excluding hydrogens is 400 g/mol. The van der Waals surface area contributed by atoms with E-state index in [4.69, 9.17) is 11.6 Å². The van der Waals surface area contributed by atoms with Gasteiger partial charge in [0, 0.05) is 10.2 Å². The molecule has 0 saturated carbocycles. The highest BCUT2D eigenvalue weighted by molar-refractivity contribution is 9.10. The SMILES string of the molecule is O=C(Nc1ccc(F)c(Br)c1)c1cccc(Br)c1Cl. The van der Waals surface area contributed by atoms with Crippen molar-refractivity contribution in [3.05, 3.63) is 61.7 Å². The number of anilines is 1. The number of hydrogen-bond donors (Lipinski definition) is 1. The third kappa shape index (κ3) is 3.35. The molecule has 0 aromatic heterocycles. The molecule has 0 bridgehead atoms. The summed E-state index contributed by atoms with van der Waals surface area (Å²) in [5.74, 6) is -0.747. The lowest BCUT2D eigenvalue weighted by molar-refractivity contribution is 0.102. The van der Waals surface area contributed by atoms with Gasteiger partial charge >= 0.3 is 0 Å². The smallest absolute Gasteiger partial charge is 0.257 e. The molecule has 2 aromatic rings. The second-order valence-corrected chi connectivity index (χ2v) is 5.77. The van der Waals surface area contributed by atoms with Gasteiger partial charge < -0.3 is 5.32 Å². The van der Waals surface area contributed by atoms with Gasteiger partial charge in [0.2, 0.25) is 0 Å². The fourth-order valence-electron chi connectivity index (χ4n) is 1.45. The molecule has 2 aromatic carbocycles. The molecule has 0 aliphatic carbocycles. The van der Waals surface area contributed by atoms with Crippen LogP contribution in [0.5, 0.6) is 0 Å². The zero-order chi connectivity index (χ0) is 14.0. The van der Waals surface area contributed by atoms with E-state index in [0.717, 1.165) is 0 Å². The first-order valence-electron chi connectivity index (χ1n) is 5.19. The number of carbonyl (C=O) groups is 1. The Morgan fingerprint density at radius 2 is 1.89 bits per heavy atom. The summed E-state index contributed by atoms with van der Waals surface area (Å²) in [7, 11) is 0. The van der Waals surface area contributed by atoms with Crippen LogP contribution in [0.3, 0.4) is 0 Å². The van der Waals surface area contributed by atoms with Crippen LogP contribution in [0.4, 0.5) is 10.1 Å². The summed E-state index contributed by atoms with van der Waals surface area (Å²) in [6.07, 6.45) is 0. The Morgan fingerprint density at radius 3 is 2.58 bits per heavy atom. The van der Waals surface area contributed by atoms with Gasteiger partial charge in [-0.15, -0.1) is 0 Å². The highest BCUT2D eigenvalue weighted by Crippen LogP contribution is 2.27. The van der Waals surface area contributed by atoms with Crippen molar-refractivity contribution in [3.63, 3.8) is 0 Å². The molecule has 0 spiro atoms. The molecule has 0 aliphatic heterocycles. The molecule has 98 valence electrons. The second-order valence-electron chi connectivity index (χ2n) is 3.68. The Morgan fingerprint density at radius 1 is 1.16 bits per heavy atom. The van der Waals surface area contributed by atoms with Crippen molar-refractivity contribution in [2.24, 2.45) is 0 Å². The van der Waals surface area contributed by atoms with E-state index in [2.05, 4.69) is 37.2 Å². The first-order chi connectivity index (χ1) is 8.99. The van der Waals surface area contributed by atoms with Crippen LogP contribution < -0.4 is 5.32 Å². The van der Waals surface area contributed by atoms with Crippen LogP contribution in [0, 0.1) is 5.82 Å². The monoisotopic (exact) mass is 405 g/mol. The van der Waals surface area contributed by atoms with Crippen molar-refractivity contribution in [2.45, 2.75) is 0 Å². The molecule has 6 heteroatoms. The molecule has 0 heterocycles. The second kappa shape index (κ2) is 6.03. The third-order valence-corrected chi connectivity index (χ3v) is 4.28. The van der Waals surface area contributed by atoms with Crippen LogP contribution in [-0.4, -0.2) is 5.91 Å². The summed E-state index contributed by atoms with van der Waals surface area (Å²) in [6.45, 7) is 0. The standard InChI is InChI=1S/C13H7Br2ClFNO/c14-9-3-1-2-8(12(9)16)13(19)18-7-4-5-11(17)10(15)6-7/h1-6H,(H,18,19). The average Bonchev–Trinajstić information content (AvgIpc) is 2.37. The molecule has 0 saturated heterocycles. The maximum absolute atomic E-state index is 13.1. The molecule has 0 unspecified atom stereocenters. The lowest BCUT2D eigenvalue weighted by Crippen LogP contribution is -2.12. The van der Waals surface area contributed by atoms with E-state index in [1.165, 1.54) is 18.2 Å². The van der Waals surface area contributed by atoms with Crippen molar-refractivity contribution in [3.8, 4) is 0 Å². The maximum Gasteiger partial charge on any atom is 0.257 e. The normalized spacial score (nSPS) is 10.3. The molecule has 2 rings (SSSR count). The van der Waals surface area contributed by atoms with Crippen LogP contribution >= 0.6 is 43.5 Å². The van der Waals surface area contributed by atoms with E-state index >= 15 is 0 Å². The number of carbonyl (C=O) groups excluding carboxylic acids is 1. The van der Waals surface area contributed by atoms with Gasteiger partial charge in [-0.25, -0.2) is 4.39 Å². The number of amides is 1. The van der Waals surface area contributed by atoms with Gasteiger partial charge in [0.25, 0.3) is 5.91 Å². The Labute approximate surface area is 131 Å². The average molecular weight is 407 g/mol. The predicted molar refractivity (Wildman–Crippen MR) is 81.2 cm³/mol. The quantitative estimate of drug-likeness (QED) is 0.723. The van der Waals surface area contributed by atoms with E-state index < -0.39 is 5.82 Å². The summed E-state index contributed by atoms with van der Waals surface area (Å²) >= 11 is 12.3. The molecule has 1 amide bonds. The van der Waals surface area contributed by atoms with Crippen molar-refractivity contribution in [2.75, 3.05) is 5.32 Å². The van der Waals surface area contributed by atoms with E-state index in [1.807, 2.05) is 0 Å². The van der Waals surface area contributed by atoms with Gasteiger partial charge in [0.05, 0.1) is 15.1 Å². The first kappa shape index (κ1) is 14.5. The van der Waals surface area contributed by atoms with Crippen LogP contribution in [0.1, 0.15) is 10.4 Å². The summed E-state index contributed by atoms with van der Waals surface area (Å²) in [4.78, 5) is 12.1. The maximum atomic E-state index is 13.1. The van der Waals surface area contributed by atoms with E-state index in [-0.39, 0.29) is 10.4 Å². The summed E-state index contributed by atoms with van der Waals surface area (Å²) in [5.41, 5.74) is 0.825. The summed E-state index contributed by atoms with van der Waals surface area (Å²) in [5, 5.41) is 2.99. The minimum atomic E-state index is -0.390. The number of rotatable bonds is 2. The fraction of sp³-hybridized carbons (Fsp3) is 0. The highest BCUT2D eigenvalue weighted by atomic mass is 79.9. The zero-order valence-electron chi connectivity index (χ0n) is 9.38. The zero-order valence-corrected chi connectivity index (χ0v) is 13.3. The van der Waals surface area contributed by atoms with E-state index in [0.29, 0.717) is 20.7 Å². The molecule has 19 heavy (non-hydrogen) atoms. The first-order valence-corrected chi connectivity index (χ1v) is 7.16. The largest absolute Gasteiger partial charge is 0.322 e. The van der Waals surface area contributed by atoms with Gasteiger partial charge in [-0.1, -0.05) is 17.7 Å². The number of nitrogens with one attached hydrogen (secondary N) is 1. The van der Waals surface area contributed by atoms with Crippen LogP contribution in [0.15, 0.2) is 45.3 Å².